The van der Waals surface area contributed by atoms with Gasteiger partial charge >= 0.3 is 11.9 Å². The van der Waals surface area contributed by atoms with Crippen LogP contribution < -0.4 is 5.32 Å². The van der Waals surface area contributed by atoms with E-state index in [4.69, 9.17) is 0 Å². The second-order valence-electron chi connectivity index (χ2n) is 4.22. The van der Waals surface area contributed by atoms with E-state index in [1.54, 1.807) is 13.2 Å². The second-order valence-corrected chi connectivity index (χ2v) is 4.22. The molecule has 0 bridgehead atoms. The third kappa shape index (κ3) is 3.46. The first-order chi connectivity index (χ1) is 9.77. The second kappa shape index (κ2) is 5.38. The fourth-order valence-corrected chi connectivity index (χ4v) is 1.65. The molecule has 0 atom stereocenters. The van der Waals surface area contributed by atoms with Crippen molar-refractivity contribution < 1.29 is 18.1 Å². The summed E-state index contributed by atoms with van der Waals surface area (Å²) in [5, 5.41) is 17.3. The molecule has 0 amide bonds. The lowest BCUT2D eigenvalue weighted by Gasteiger charge is -2.09. The lowest BCUT2D eigenvalue weighted by atomic mass is 10.2. The number of nitrogens with one attached hydrogen (secondary N) is 1. The normalized spacial score (nSPS) is 11.4. The molecule has 2 heterocycles. The largest absolute Gasteiger partial charge is 0.433 e. The van der Waals surface area contributed by atoms with Crippen LogP contribution in [0.15, 0.2) is 24.7 Å². The summed E-state index contributed by atoms with van der Waals surface area (Å²) in [5.41, 5.74) is -1.28. The van der Waals surface area contributed by atoms with Gasteiger partial charge < -0.3 is 5.32 Å². The summed E-state index contributed by atoms with van der Waals surface area (Å²) in [5.74, 6) is 0. The Kier molecular flexibility index (Phi) is 3.78. The van der Waals surface area contributed by atoms with Crippen molar-refractivity contribution >= 4 is 11.4 Å². The number of hydrogen-bond acceptors (Lipinski definition) is 5. The minimum Gasteiger partial charge on any atom is -0.375 e. The van der Waals surface area contributed by atoms with E-state index in [0.717, 1.165) is 0 Å². The van der Waals surface area contributed by atoms with Gasteiger partial charge in [0, 0.05) is 25.4 Å². The Morgan fingerprint density at radius 1 is 1.43 bits per heavy atom. The molecule has 10 heteroatoms. The summed E-state index contributed by atoms with van der Waals surface area (Å²) in [6.45, 7) is 0.107. The molecule has 0 saturated heterocycles. The quantitative estimate of drug-likeness (QED) is 0.692. The van der Waals surface area contributed by atoms with Crippen LogP contribution in [0.1, 0.15) is 11.3 Å². The van der Waals surface area contributed by atoms with Gasteiger partial charge in [0.15, 0.2) is 0 Å². The van der Waals surface area contributed by atoms with E-state index in [2.05, 4.69) is 15.4 Å². The zero-order valence-corrected chi connectivity index (χ0v) is 10.8. The van der Waals surface area contributed by atoms with Gasteiger partial charge in [-0.05, 0) is 6.07 Å². The van der Waals surface area contributed by atoms with E-state index >= 15 is 0 Å². The molecule has 0 fully saturated rings. The topological polar surface area (TPSA) is 85.9 Å². The average molecular weight is 301 g/mol. The molecule has 2 rings (SSSR count). The average Bonchev–Trinajstić information content (AvgIpc) is 2.80. The van der Waals surface area contributed by atoms with Gasteiger partial charge in [-0.2, -0.15) is 18.3 Å². The highest BCUT2D eigenvalue weighted by molar-refractivity contribution is 5.61. The molecule has 0 aliphatic carbocycles. The van der Waals surface area contributed by atoms with Gasteiger partial charge in [-0.1, -0.05) is 0 Å². The number of anilines is 1. The Morgan fingerprint density at radius 3 is 2.67 bits per heavy atom. The molecule has 112 valence electrons. The summed E-state index contributed by atoms with van der Waals surface area (Å²) in [4.78, 5) is 13.1. The van der Waals surface area contributed by atoms with Crippen LogP contribution in [0.2, 0.25) is 0 Å². The Hall–Kier alpha value is -2.65. The number of alkyl halides is 3. The molecule has 0 unspecified atom stereocenters. The van der Waals surface area contributed by atoms with E-state index in [0.29, 0.717) is 17.8 Å². The minimum atomic E-state index is -4.67. The smallest absolute Gasteiger partial charge is 0.375 e. The van der Waals surface area contributed by atoms with E-state index in [1.165, 1.54) is 10.9 Å². The van der Waals surface area contributed by atoms with E-state index in [1.807, 2.05) is 0 Å². The summed E-state index contributed by atoms with van der Waals surface area (Å²) < 4.78 is 39.3. The Bertz CT molecular complexity index is 668. The highest BCUT2D eigenvalue weighted by Gasteiger charge is 2.34. The molecule has 21 heavy (non-hydrogen) atoms. The molecule has 7 nitrogen and oxygen atoms in total. The van der Waals surface area contributed by atoms with Gasteiger partial charge in [0.05, 0.1) is 11.1 Å². The summed E-state index contributed by atoms with van der Waals surface area (Å²) >= 11 is 0. The van der Waals surface area contributed by atoms with Crippen molar-refractivity contribution in [2.45, 2.75) is 12.7 Å². The molecule has 0 spiro atoms. The van der Waals surface area contributed by atoms with Gasteiger partial charge in [-0.25, -0.2) is 4.98 Å². The van der Waals surface area contributed by atoms with Gasteiger partial charge in [-0.15, -0.1) is 0 Å². The number of nitro groups is 1. The molecule has 0 saturated carbocycles. The Balaban J connectivity index is 2.28. The number of aromatic nitrogens is 3. The molecular weight excluding hydrogens is 291 g/mol. The summed E-state index contributed by atoms with van der Waals surface area (Å²) in [6, 6.07) is 0.620. The van der Waals surface area contributed by atoms with Crippen LogP contribution in [-0.4, -0.2) is 19.7 Å². The van der Waals surface area contributed by atoms with Crippen molar-refractivity contribution in [3.8, 4) is 0 Å². The Morgan fingerprint density at radius 2 is 2.14 bits per heavy atom. The maximum Gasteiger partial charge on any atom is 0.433 e. The molecule has 2 aromatic rings. The molecule has 0 aliphatic rings. The predicted molar refractivity (Wildman–Crippen MR) is 66.4 cm³/mol. The molecule has 1 N–H and O–H groups in total. The highest BCUT2D eigenvalue weighted by Crippen LogP contribution is 2.33. The third-order valence-corrected chi connectivity index (χ3v) is 2.61. The number of rotatable bonds is 4. The van der Waals surface area contributed by atoms with Crippen LogP contribution in [0, 0.1) is 10.1 Å². The fraction of sp³-hybridized carbons (Fsp3) is 0.273. The molecule has 0 radical (unpaired) electrons. The minimum absolute atomic E-state index is 0.107. The molecular formula is C11H10F3N5O2. The van der Waals surface area contributed by atoms with Crippen molar-refractivity contribution in [2.24, 2.45) is 7.05 Å². The van der Waals surface area contributed by atoms with Crippen molar-refractivity contribution in [1.82, 2.24) is 14.8 Å². The van der Waals surface area contributed by atoms with E-state index in [-0.39, 0.29) is 12.2 Å². The Labute approximate surface area is 116 Å². The van der Waals surface area contributed by atoms with Crippen LogP contribution in [0.25, 0.3) is 0 Å². The summed E-state index contributed by atoms with van der Waals surface area (Å²) in [7, 11) is 1.68. The third-order valence-electron chi connectivity index (χ3n) is 2.61. The van der Waals surface area contributed by atoms with Crippen LogP contribution >= 0.6 is 0 Å². The number of pyridine rings is 1. The maximum absolute atomic E-state index is 12.6. The van der Waals surface area contributed by atoms with Crippen molar-refractivity contribution in [1.29, 1.82) is 0 Å². The molecule has 0 aliphatic heterocycles. The molecule has 0 aromatic carbocycles. The zero-order valence-electron chi connectivity index (χ0n) is 10.8. The zero-order chi connectivity index (χ0) is 15.6. The van der Waals surface area contributed by atoms with Gasteiger partial charge in [0.2, 0.25) is 0 Å². The van der Waals surface area contributed by atoms with Gasteiger partial charge in [-0.3, -0.25) is 14.8 Å². The summed E-state index contributed by atoms with van der Waals surface area (Å²) in [6.07, 6.45) is -0.927. The number of halogens is 3. The number of aryl methyl sites for hydroxylation is 1. The van der Waals surface area contributed by atoms with Crippen LogP contribution in [0.5, 0.6) is 0 Å². The SMILES string of the molecule is Cn1cc(CNc2cc(C(F)(F)F)ncc2[N+](=O)[O-])cn1. The van der Waals surface area contributed by atoms with Gasteiger partial charge in [0.1, 0.15) is 17.6 Å². The molecule has 2 aromatic heterocycles. The number of nitrogens with zero attached hydrogens (tertiary/aromatic N) is 4. The van der Waals surface area contributed by atoms with E-state index in [9.17, 15) is 23.3 Å². The number of hydrogen-bond donors (Lipinski definition) is 1. The standard InChI is InChI=1S/C11H10F3N5O2/c1-18-6-7(4-17-18)3-15-8-2-10(11(12,13)14)16-5-9(8)19(20)21/h2,4-6H,3H2,1H3,(H,15,16). The van der Waals surface area contributed by atoms with Crippen molar-refractivity contribution in [3.05, 3.63) is 46.0 Å². The predicted octanol–water partition coefficient (Wildman–Crippen LogP) is 2.35. The van der Waals surface area contributed by atoms with Crippen LogP contribution in [0.4, 0.5) is 24.5 Å². The lowest BCUT2D eigenvalue weighted by Crippen LogP contribution is -2.10. The maximum atomic E-state index is 12.6. The van der Waals surface area contributed by atoms with Gasteiger partial charge in [0.25, 0.3) is 0 Å². The van der Waals surface area contributed by atoms with Crippen LogP contribution in [0.3, 0.4) is 0 Å². The first kappa shape index (κ1) is 14.8. The highest BCUT2D eigenvalue weighted by atomic mass is 19.4. The monoisotopic (exact) mass is 301 g/mol. The van der Waals surface area contributed by atoms with Crippen LogP contribution in [-0.2, 0) is 19.8 Å². The fourth-order valence-electron chi connectivity index (χ4n) is 1.65. The van der Waals surface area contributed by atoms with Crippen molar-refractivity contribution in [2.75, 3.05) is 5.32 Å². The first-order valence-corrected chi connectivity index (χ1v) is 5.70. The first-order valence-electron chi connectivity index (χ1n) is 5.70. The van der Waals surface area contributed by atoms with Crippen molar-refractivity contribution in [3.63, 3.8) is 0 Å². The van der Waals surface area contributed by atoms with E-state index < -0.39 is 22.5 Å². The lowest BCUT2D eigenvalue weighted by molar-refractivity contribution is -0.384.